The average molecular weight is 185 g/mol. The molecule has 0 amide bonds. The second-order valence-electron chi connectivity index (χ2n) is 3.24. The van der Waals surface area contributed by atoms with Crippen LogP contribution < -0.4 is 11.3 Å². The molecular formula is C9H19N3O. The van der Waals surface area contributed by atoms with Crippen molar-refractivity contribution in [2.45, 2.75) is 38.7 Å². The predicted molar refractivity (Wildman–Crippen MR) is 53.5 cm³/mol. The van der Waals surface area contributed by atoms with E-state index in [9.17, 15) is 0 Å². The first kappa shape index (κ1) is 10.5. The summed E-state index contributed by atoms with van der Waals surface area (Å²) in [6, 6.07) is 0. The molecule has 1 saturated heterocycles. The van der Waals surface area contributed by atoms with Crippen molar-refractivity contribution in [2.75, 3.05) is 13.2 Å². The fourth-order valence-electron chi connectivity index (χ4n) is 1.56. The van der Waals surface area contributed by atoms with Crippen LogP contribution in [0, 0.1) is 0 Å². The number of nitrogens with one attached hydrogen (secondary N) is 1. The van der Waals surface area contributed by atoms with Crippen LogP contribution in [0.25, 0.3) is 0 Å². The maximum Gasteiger partial charge on any atom is 0.110 e. The van der Waals surface area contributed by atoms with Crippen LogP contribution >= 0.6 is 0 Å². The highest BCUT2D eigenvalue weighted by Gasteiger charge is 2.15. The highest BCUT2D eigenvalue weighted by atomic mass is 16.5. The zero-order valence-electron chi connectivity index (χ0n) is 8.25. The lowest BCUT2D eigenvalue weighted by atomic mass is 10.1. The lowest BCUT2D eigenvalue weighted by Gasteiger charge is -2.10. The van der Waals surface area contributed by atoms with E-state index in [2.05, 4.69) is 10.4 Å². The quantitative estimate of drug-likeness (QED) is 0.295. The first-order valence-corrected chi connectivity index (χ1v) is 4.98. The van der Waals surface area contributed by atoms with Gasteiger partial charge in [0.1, 0.15) is 5.84 Å². The highest BCUT2D eigenvalue weighted by Crippen LogP contribution is 2.16. The smallest absolute Gasteiger partial charge is 0.110 e. The first-order chi connectivity index (χ1) is 6.36. The van der Waals surface area contributed by atoms with Crippen LogP contribution in [0.2, 0.25) is 0 Å². The number of ether oxygens (including phenoxy) is 1. The largest absolute Gasteiger partial charge is 0.378 e. The van der Waals surface area contributed by atoms with Crippen molar-refractivity contribution in [3.05, 3.63) is 0 Å². The summed E-state index contributed by atoms with van der Waals surface area (Å²) in [6.45, 7) is 3.70. The molecule has 0 radical (unpaired) electrons. The van der Waals surface area contributed by atoms with Crippen molar-refractivity contribution in [3.8, 4) is 0 Å². The van der Waals surface area contributed by atoms with Crippen LogP contribution in [-0.2, 0) is 4.74 Å². The molecule has 0 aliphatic carbocycles. The number of amidine groups is 1. The third-order valence-corrected chi connectivity index (χ3v) is 2.24. The molecule has 1 atom stereocenters. The fourth-order valence-corrected chi connectivity index (χ4v) is 1.56. The minimum Gasteiger partial charge on any atom is -0.378 e. The summed E-state index contributed by atoms with van der Waals surface area (Å²) in [4.78, 5) is 4.23. The zero-order valence-corrected chi connectivity index (χ0v) is 8.25. The van der Waals surface area contributed by atoms with Gasteiger partial charge in [0.15, 0.2) is 0 Å². The van der Waals surface area contributed by atoms with E-state index in [4.69, 9.17) is 10.6 Å². The number of nitrogens with zero attached hydrogens (tertiary/aromatic N) is 1. The van der Waals surface area contributed by atoms with Gasteiger partial charge in [0.25, 0.3) is 0 Å². The summed E-state index contributed by atoms with van der Waals surface area (Å²) < 4.78 is 5.50. The molecule has 1 aliphatic rings. The van der Waals surface area contributed by atoms with Crippen molar-refractivity contribution in [2.24, 2.45) is 10.8 Å². The number of hydrogen-bond acceptors (Lipinski definition) is 3. The summed E-state index contributed by atoms with van der Waals surface area (Å²) in [5, 5.41) is 0. The Morgan fingerprint density at radius 1 is 1.69 bits per heavy atom. The molecule has 1 rings (SSSR count). The number of rotatable bonds is 4. The van der Waals surface area contributed by atoms with E-state index < -0.39 is 0 Å². The maximum absolute atomic E-state index is 5.50. The van der Waals surface area contributed by atoms with Gasteiger partial charge in [-0.1, -0.05) is 0 Å². The Labute approximate surface area is 79.5 Å². The second-order valence-corrected chi connectivity index (χ2v) is 3.24. The predicted octanol–water partition coefficient (Wildman–Crippen LogP) is 0.827. The Morgan fingerprint density at radius 2 is 2.54 bits per heavy atom. The van der Waals surface area contributed by atoms with Crippen LogP contribution in [0.4, 0.5) is 0 Å². The fraction of sp³-hybridized carbons (Fsp3) is 0.889. The van der Waals surface area contributed by atoms with E-state index >= 15 is 0 Å². The van der Waals surface area contributed by atoms with Gasteiger partial charge in [-0.25, -0.2) is 5.84 Å². The Bertz CT molecular complexity index is 164. The van der Waals surface area contributed by atoms with Crippen molar-refractivity contribution >= 4 is 5.84 Å². The van der Waals surface area contributed by atoms with E-state index in [1.54, 1.807) is 0 Å². The lowest BCUT2D eigenvalue weighted by molar-refractivity contribution is 0.106. The van der Waals surface area contributed by atoms with Gasteiger partial charge in [-0.05, 0) is 26.2 Å². The molecule has 3 N–H and O–H groups in total. The van der Waals surface area contributed by atoms with Crippen molar-refractivity contribution in [1.82, 2.24) is 5.43 Å². The summed E-state index contributed by atoms with van der Waals surface area (Å²) in [5.74, 6) is 6.21. The van der Waals surface area contributed by atoms with Gasteiger partial charge in [0.05, 0.1) is 6.10 Å². The molecule has 4 nitrogen and oxygen atoms in total. The summed E-state index contributed by atoms with van der Waals surface area (Å²) in [6.07, 6.45) is 4.73. The molecule has 1 unspecified atom stereocenters. The average Bonchev–Trinajstić information content (AvgIpc) is 2.64. The molecule has 13 heavy (non-hydrogen) atoms. The highest BCUT2D eigenvalue weighted by molar-refractivity contribution is 5.81. The van der Waals surface area contributed by atoms with E-state index in [0.29, 0.717) is 6.10 Å². The molecule has 0 aromatic rings. The molecular weight excluding hydrogens is 166 g/mol. The Hall–Kier alpha value is -0.610. The van der Waals surface area contributed by atoms with Crippen LogP contribution in [0.3, 0.4) is 0 Å². The normalized spacial score (nSPS) is 23.5. The molecule has 0 aromatic heterocycles. The van der Waals surface area contributed by atoms with Crippen LogP contribution in [0.5, 0.6) is 0 Å². The van der Waals surface area contributed by atoms with Gasteiger partial charge in [0.2, 0.25) is 0 Å². The summed E-state index contributed by atoms with van der Waals surface area (Å²) in [7, 11) is 0. The molecule has 0 saturated carbocycles. The molecule has 0 aromatic carbocycles. The Balaban J connectivity index is 2.18. The number of aliphatic imine (C=N–C) groups is 1. The van der Waals surface area contributed by atoms with Gasteiger partial charge in [0, 0.05) is 19.6 Å². The molecule has 1 heterocycles. The Kier molecular flexibility index (Phi) is 4.78. The van der Waals surface area contributed by atoms with Crippen molar-refractivity contribution < 1.29 is 4.74 Å². The molecule has 0 spiro atoms. The van der Waals surface area contributed by atoms with Crippen LogP contribution in [0.1, 0.15) is 32.6 Å². The molecule has 4 heteroatoms. The lowest BCUT2D eigenvalue weighted by Crippen LogP contribution is -2.31. The van der Waals surface area contributed by atoms with Gasteiger partial charge in [-0.15, -0.1) is 0 Å². The van der Waals surface area contributed by atoms with E-state index in [1.807, 2.05) is 6.92 Å². The second kappa shape index (κ2) is 5.94. The monoisotopic (exact) mass is 185 g/mol. The van der Waals surface area contributed by atoms with Crippen molar-refractivity contribution in [3.63, 3.8) is 0 Å². The number of nitrogens with two attached hydrogens (primary N) is 1. The third-order valence-electron chi connectivity index (χ3n) is 2.24. The Morgan fingerprint density at radius 3 is 3.08 bits per heavy atom. The summed E-state index contributed by atoms with van der Waals surface area (Å²) >= 11 is 0. The third kappa shape index (κ3) is 3.74. The van der Waals surface area contributed by atoms with Gasteiger partial charge in [-0.3, -0.25) is 4.99 Å². The minimum absolute atomic E-state index is 0.426. The number of hydrogen-bond donors (Lipinski definition) is 2. The van der Waals surface area contributed by atoms with E-state index in [0.717, 1.165) is 31.8 Å². The van der Waals surface area contributed by atoms with Crippen molar-refractivity contribution in [1.29, 1.82) is 0 Å². The topological polar surface area (TPSA) is 59.6 Å². The van der Waals surface area contributed by atoms with Gasteiger partial charge >= 0.3 is 0 Å². The standard InChI is InChI=1S/C9H19N3O/c1-2-11-9(12-10)6-5-8-4-3-7-13-8/h8H,2-7,10H2,1H3,(H,11,12). The van der Waals surface area contributed by atoms with E-state index in [1.165, 1.54) is 12.8 Å². The van der Waals surface area contributed by atoms with E-state index in [-0.39, 0.29) is 0 Å². The maximum atomic E-state index is 5.50. The SMILES string of the molecule is CCN=C(CCC1CCCO1)NN. The van der Waals surface area contributed by atoms with Crippen LogP contribution in [-0.4, -0.2) is 25.1 Å². The minimum atomic E-state index is 0.426. The zero-order chi connectivity index (χ0) is 9.52. The van der Waals surface area contributed by atoms with Gasteiger partial charge in [-0.2, -0.15) is 0 Å². The molecule has 0 bridgehead atoms. The first-order valence-electron chi connectivity index (χ1n) is 4.98. The molecule has 76 valence electrons. The molecule has 1 fully saturated rings. The molecule has 1 aliphatic heterocycles. The van der Waals surface area contributed by atoms with Gasteiger partial charge < -0.3 is 10.2 Å². The van der Waals surface area contributed by atoms with Crippen LogP contribution in [0.15, 0.2) is 4.99 Å². The summed E-state index contributed by atoms with van der Waals surface area (Å²) in [5.41, 5.74) is 2.62. The number of hydrazine groups is 1.